The van der Waals surface area contributed by atoms with Crippen LogP contribution in [0.25, 0.3) is 10.9 Å². The zero-order valence-corrected chi connectivity index (χ0v) is 16.4. The van der Waals surface area contributed by atoms with Crippen LogP contribution in [0.4, 0.5) is 4.79 Å². The molecule has 142 valence electrons. The maximum absolute atomic E-state index is 13.0. The molecule has 2 rings (SSSR count). The molecule has 1 unspecified atom stereocenters. The number of ether oxygens (including phenoxy) is 1. The zero-order chi connectivity index (χ0) is 19.6. The molecule has 0 spiro atoms. The number of nitrogens with one attached hydrogen (secondary N) is 1. The summed E-state index contributed by atoms with van der Waals surface area (Å²) in [6.07, 6.45) is -0.550. The van der Waals surface area contributed by atoms with E-state index in [2.05, 4.69) is 10.3 Å². The van der Waals surface area contributed by atoms with E-state index in [1.165, 1.54) is 4.57 Å². The number of carbonyl (C=O) groups excluding carboxylic acids is 1. The Kier molecular flexibility index (Phi) is 5.93. The predicted molar refractivity (Wildman–Crippen MR) is 103 cm³/mol. The summed E-state index contributed by atoms with van der Waals surface area (Å²) in [5, 5.41) is 3.34. The molecule has 0 saturated carbocycles. The topological polar surface area (TPSA) is 99.2 Å². The monoisotopic (exact) mass is 380 g/mol. The van der Waals surface area contributed by atoms with Crippen molar-refractivity contribution in [3.05, 3.63) is 39.4 Å². The van der Waals surface area contributed by atoms with Crippen LogP contribution in [0.2, 0.25) is 5.02 Å². The number of rotatable bonds is 4. The van der Waals surface area contributed by atoms with Crippen LogP contribution < -0.4 is 16.6 Å². The van der Waals surface area contributed by atoms with Gasteiger partial charge in [-0.25, -0.2) is 9.78 Å². The summed E-state index contributed by atoms with van der Waals surface area (Å²) in [5.41, 5.74) is 5.64. The molecule has 0 aliphatic heterocycles. The lowest BCUT2D eigenvalue weighted by atomic mass is 10.2. The number of hydrogen-bond acceptors (Lipinski definition) is 5. The Morgan fingerprint density at radius 2 is 2.04 bits per heavy atom. The third-order valence-corrected chi connectivity index (χ3v) is 4.01. The highest BCUT2D eigenvalue weighted by Gasteiger charge is 2.21. The molecule has 0 aliphatic rings. The number of hydrogen-bond donors (Lipinski definition) is 2. The highest BCUT2D eigenvalue weighted by Crippen LogP contribution is 2.21. The van der Waals surface area contributed by atoms with E-state index < -0.39 is 17.7 Å². The Morgan fingerprint density at radius 1 is 1.38 bits per heavy atom. The summed E-state index contributed by atoms with van der Waals surface area (Å²) in [6.45, 7) is 9.09. The van der Waals surface area contributed by atoms with Gasteiger partial charge in [-0.05, 0) is 46.8 Å². The first-order valence-corrected chi connectivity index (χ1v) is 8.82. The van der Waals surface area contributed by atoms with Crippen molar-refractivity contribution in [2.24, 2.45) is 5.73 Å². The maximum Gasteiger partial charge on any atom is 0.407 e. The van der Waals surface area contributed by atoms with E-state index in [0.29, 0.717) is 21.7 Å². The lowest BCUT2D eigenvalue weighted by Gasteiger charge is -2.24. The van der Waals surface area contributed by atoms with Gasteiger partial charge in [0, 0.05) is 6.54 Å². The third-order valence-electron chi connectivity index (χ3n) is 3.69. The number of fused-ring (bicyclic) bond motifs is 1. The molecule has 1 aromatic carbocycles. The molecule has 0 bridgehead atoms. The van der Waals surface area contributed by atoms with Gasteiger partial charge in [-0.3, -0.25) is 9.36 Å². The second-order valence-corrected chi connectivity index (χ2v) is 7.71. The Hall–Kier alpha value is -2.12. The molecule has 0 fully saturated rings. The van der Waals surface area contributed by atoms with E-state index in [0.717, 1.165) is 0 Å². The van der Waals surface area contributed by atoms with Crippen LogP contribution in [-0.2, 0) is 4.74 Å². The van der Waals surface area contributed by atoms with Gasteiger partial charge in [-0.1, -0.05) is 17.7 Å². The number of aromatic nitrogens is 2. The van der Waals surface area contributed by atoms with Crippen LogP contribution in [0.5, 0.6) is 0 Å². The van der Waals surface area contributed by atoms with Gasteiger partial charge in [-0.2, -0.15) is 0 Å². The first-order chi connectivity index (χ1) is 12.0. The third kappa shape index (κ3) is 4.53. The van der Waals surface area contributed by atoms with Crippen LogP contribution in [0.1, 0.15) is 52.5 Å². The van der Waals surface area contributed by atoms with Crippen molar-refractivity contribution in [3.63, 3.8) is 0 Å². The van der Waals surface area contributed by atoms with Crippen LogP contribution in [0.3, 0.4) is 0 Å². The van der Waals surface area contributed by atoms with Crippen LogP contribution >= 0.6 is 11.6 Å². The van der Waals surface area contributed by atoms with Crippen molar-refractivity contribution in [3.8, 4) is 0 Å². The summed E-state index contributed by atoms with van der Waals surface area (Å²) in [5.74, 6) is 0.434. The van der Waals surface area contributed by atoms with Gasteiger partial charge in [-0.15, -0.1) is 0 Å². The minimum absolute atomic E-state index is 0.187. The summed E-state index contributed by atoms with van der Waals surface area (Å²) < 4.78 is 6.70. The van der Waals surface area contributed by atoms with Crippen molar-refractivity contribution >= 4 is 28.6 Å². The Morgan fingerprint density at radius 3 is 2.62 bits per heavy atom. The molecule has 26 heavy (non-hydrogen) atoms. The number of amides is 1. The fourth-order valence-corrected chi connectivity index (χ4v) is 2.85. The maximum atomic E-state index is 13.0. The van der Waals surface area contributed by atoms with Crippen molar-refractivity contribution in [2.45, 2.75) is 52.3 Å². The molecule has 8 heteroatoms. The molecule has 1 heterocycles. The minimum atomic E-state index is -0.598. The van der Waals surface area contributed by atoms with Gasteiger partial charge >= 0.3 is 6.09 Å². The summed E-state index contributed by atoms with van der Waals surface area (Å²) >= 11 is 6.20. The number of nitrogens with two attached hydrogens (primary N) is 1. The molecule has 0 aliphatic carbocycles. The lowest BCUT2D eigenvalue weighted by molar-refractivity contribution is 0.0520. The van der Waals surface area contributed by atoms with Gasteiger partial charge in [0.15, 0.2) is 0 Å². The molecular weight excluding hydrogens is 356 g/mol. The first-order valence-electron chi connectivity index (χ1n) is 8.44. The number of benzene rings is 1. The smallest absolute Gasteiger partial charge is 0.407 e. The summed E-state index contributed by atoms with van der Waals surface area (Å²) in [4.78, 5) is 29.4. The average molecular weight is 381 g/mol. The molecule has 1 aromatic heterocycles. The highest BCUT2D eigenvalue weighted by molar-refractivity contribution is 6.35. The van der Waals surface area contributed by atoms with Crippen LogP contribution in [-0.4, -0.2) is 27.8 Å². The zero-order valence-electron chi connectivity index (χ0n) is 15.7. The largest absolute Gasteiger partial charge is 0.444 e. The van der Waals surface area contributed by atoms with Crippen molar-refractivity contribution in [1.82, 2.24) is 14.9 Å². The van der Waals surface area contributed by atoms with E-state index in [1.807, 2.05) is 0 Å². The molecule has 0 radical (unpaired) electrons. The van der Waals surface area contributed by atoms with Gasteiger partial charge in [0.2, 0.25) is 0 Å². The van der Waals surface area contributed by atoms with Crippen molar-refractivity contribution in [2.75, 3.05) is 6.54 Å². The molecule has 1 amide bonds. The predicted octanol–water partition coefficient (Wildman–Crippen LogP) is 3.16. The SMILES string of the molecule is CC(CNC(=O)OC(C)(C)C)n1c([C@H](C)N)nc2cccc(Cl)c2c1=O. The fourth-order valence-electron chi connectivity index (χ4n) is 2.60. The molecule has 7 nitrogen and oxygen atoms in total. The average Bonchev–Trinajstić information content (AvgIpc) is 2.50. The Balaban J connectivity index is 2.39. The number of carbonyl (C=O) groups is 1. The molecule has 2 atom stereocenters. The number of alkyl carbamates (subject to hydrolysis) is 1. The van der Waals surface area contributed by atoms with Crippen molar-refractivity contribution in [1.29, 1.82) is 0 Å². The van der Waals surface area contributed by atoms with E-state index in [1.54, 1.807) is 52.8 Å². The fraction of sp³-hybridized carbons (Fsp3) is 0.500. The first kappa shape index (κ1) is 20.2. The quantitative estimate of drug-likeness (QED) is 0.848. The Bertz CT molecular complexity index is 871. The van der Waals surface area contributed by atoms with Gasteiger partial charge in [0.1, 0.15) is 11.4 Å². The van der Waals surface area contributed by atoms with E-state index in [4.69, 9.17) is 22.1 Å². The van der Waals surface area contributed by atoms with Crippen LogP contribution in [0, 0.1) is 0 Å². The minimum Gasteiger partial charge on any atom is -0.444 e. The second-order valence-electron chi connectivity index (χ2n) is 7.30. The highest BCUT2D eigenvalue weighted by atomic mass is 35.5. The number of nitrogens with zero attached hydrogens (tertiary/aromatic N) is 2. The molecule has 3 N–H and O–H groups in total. The van der Waals surface area contributed by atoms with Gasteiger partial charge in [0.05, 0.1) is 28.0 Å². The Labute approximate surface area is 157 Å². The number of halogens is 1. The van der Waals surface area contributed by atoms with E-state index >= 15 is 0 Å². The molecule has 0 saturated heterocycles. The lowest BCUT2D eigenvalue weighted by Crippen LogP contribution is -2.39. The van der Waals surface area contributed by atoms with E-state index in [9.17, 15) is 9.59 Å². The summed E-state index contributed by atoms with van der Waals surface area (Å²) in [6, 6.07) is 4.26. The van der Waals surface area contributed by atoms with Crippen LogP contribution in [0.15, 0.2) is 23.0 Å². The van der Waals surface area contributed by atoms with Gasteiger partial charge < -0.3 is 15.8 Å². The summed E-state index contributed by atoms with van der Waals surface area (Å²) in [7, 11) is 0. The molecular formula is C18H25ClN4O3. The van der Waals surface area contributed by atoms with E-state index in [-0.39, 0.29) is 18.1 Å². The van der Waals surface area contributed by atoms with Gasteiger partial charge in [0.25, 0.3) is 5.56 Å². The standard InChI is InChI=1S/C18H25ClN4O3/c1-10(9-21-17(25)26-18(3,4)5)23-15(11(2)20)22-13-8-6-7-12(19)14(13)16(23)24/h6-8,10-11H,9,20H2,1-5H3,(H,21,25)/t10?,11-/m0/s1. The van der Waals surface area contributed by atoms with Crippen molar-refractivity contribution < 1.29 is 9.53 Å². The normalized spacial score (nSPS) is 14.1. The second kappa shape index (κ2) is 7.63. The molecule has 2 aromatic rings.